The van der Waals surface area contributed by atoms with Gasteiger partial charge in [0, 0.05) is 36.7 Å². The molecule has 0 spiro atoms. The van der Waals surface area contributed by atoms with Gasteiger partial charge in [0.25, 0.3) is 5.91 Å². The number of hydrogen-bond donors (Lipinski definition) is 1. The van der Waals surface area contributed by atoms with Crippen LogP contribution in [0.4, 0.5) is 4.39 Å². The topological polar surface area (TPSA) is 46.5 Å². The van der Waals surface area contributed by atoms with Crippen LogP contribution in [0.15, 0.2) is 60.7 Å². The van der Waals surface area contributed by atoms with Crippen LogP contribution in [0, 0.1) is 19.7 Å². The fourth-order valence-corrected chi connectivity index (χ4v) is 4.28. The summed E-state index contributed by atoms with van der Waals surface area (Å²) in [4.78, 5) is 15.4. The highest BCUT2D eigenvalue weighted by atomic mass is 19.1. The molecule has 1 aliphatic heterocycles. The Morgan fingerprint density at radius 3 is 2.42 bits per heavy atom. The first-order valence-corrected chi connectivity index (χ1v) is 10.6. The van der Waals surface area contributed by atoms with Gasteiger partial charge < -0.3 is 14.6 Å². The number of carbonyl (C=O) groups is 1. The van der Waals surface area contributed by atoms with E-state index in [1.807, 2.05) is 50.2 Å². The van der Waals surface area contributed by atoms with Gasteiger partial charge in [-0.3, -0.25) is 9.69 Å². The quantitative estimate of drug-likeness (QED) is 0.654. The fourth-order valence-electron chi connectivity index (χ4n) is 4.28. The highest BCUT2D eigenvalue weighted by Crippen LogP contribution is 2.23. The minimum atomic E-state index is -0.262. The van der Waals surface area contributed by atoms with E-state index in [0.29, 0.717) is 25.3 Å². The van der Waals surface area contributed by atoms with Crippen LogP contribution in [0.1, 0.15) is 33.4 Å². The number of halogens is 1. The van der Waals surface area contributed by atoms with Crippen LogP contribution in [0.5, 0.6) is 0 Å². The Bertz CT molecular complexity index is 1020. The summed E-state index contributed by atoms with van der Waals surface area (Å²) in [6.07, 6.45) is 0. The monoisotopic (exact) mass is 421 g/mol. The van der Waals surface area contributed by atoms with Crippen molar-refractivity contribution < 1.29 is 13.9 Å². The highest BCUT2D eigenvalue weighted by Gasteiger charge is 2.24. The van der Waals surface area contributed by atoms with Gasteiger partial charge in [0.05, 0.1) is 24.8 Å². The smallest absolute Gasteiger partial charge is 0.253 e. The van der Waals surface area contributed by atoms with Gasteiger partial charge in [0.15, 0.2) is 0 Å². The summed E-state index contributed by atoms with van der Waals surface area (Å²) in [7, 11) is 0. The van der Waals surface area contributed by atoms with Crippen molar-refractivity contribution in [1.29, 1.82) is 0 Å². The van der Waals surface area contributed by atoms with E-state index in [1.165, 1.54) is 12.1 Å². The highest BCUT2D eigenvalue weighted by molar-refractivity contribution is 5.96. The van der Waals surface area contributed by atoms with Crippen LogP contribution < -0.4 is 5.32 Å². The van der Waals surface area contributed by atoms with Gasteiger partial charge in [-0.1, -0.05) is 30.3 Å². The number of morpholine rings is 1. The first kappa shape index (κ1) is 21.3. The predicted octanol–water partition coefficient (Wildman–Crippen LogP) is 4.04. The van der Waals surface area contributed by atoms with E-state index in [1.54, 1.807) is 12.1 Å². The van der Waals surface area contributed by atoms with Gasteiger partial charge in [0.2, 0.25) is 0 Å². The number of nitrogens with zero attached hydrogens (tertiary/aromatic N) is 2. The maximum atomic E-state index is 13.4. The number of para-hydroxylation sites is 1. The molecule has 5 nitrogen and oxygen atoms in total. The third kappa shape index (κ3) is 4.70. The van der Waals surface area contributed by atoms with Crippen LogP contribution in [-0.2, 0) is 4.74 Å². The molecule has 1 saturated heterocycles. The number of hydrogen-bond acceptors (Lipinski definition) is 3. The molecular weight excluding hydrogens is 393 g/mol. The molecule has 4 rings (SSSR count). The molecule has 1 fully saturated rings. The molecule has 0 aliphatic carbocycles. The Kier molecular flexibility index (Phi) is 6.49. The molecule has 2 heterocycles. The Hall–Kier alpha value is -2.96. The van der Waals surface area contributed by atoms with Crippen LogP contribution in [0.3, 0.4) is 0 Å². The summed E-state index contributed by atoms with van der Waals surface area (Å²) >= 11 is 0. The number of carbonyl (C=O) groups excluding carboxylic acids is 1. The maximum absolute atomic E-state index is 13.4. The van der Waals surface area contributed by atoms with Gasteiger partial charge in [-0.05, 0) is 49.7 Å². The number of ether oxygens (including phenoxy) is 1. The summed E-state index contributed by atoms with van der Waals surface area (Å²) in [6, 6.07) is 18.4. The Morgan fingerprint density at radius 2 is 1.74 bits per heavy atom. The lowest BCUT2D eigenvalue weighted by Gasteiger charge is -2.35. The molecule has 1 unspecified atom stereocenters. The molecule has 2 aromatic carbocycles. The van der Waals surface area contributed by atoms with E-state index in [2.05, 4.69) is 14.8 Å². The van der Waals surface area contributed by atoms with Crippen molar-refractivity contribution in [1.82, 2.24) is 14.8 Å². The molecule has 1 atom stereocenters. The van der Waals surface area contributed by atoms with E-state index >= 15 is 0 Å². The van der Waals surface area contributed by atoms with Crippen molar-refractivity contribution in [2.24, 2.45) is 0 Å². The molecule has 162 valence electrons. The molecule has 1 aliphatic rings. The largest absolute Gasteiger partial charge is 0.379 e. The number of rotatable bonds is 6. The number of aryl methyl sites for hydroxylation is 1. The third-order valence-corrected chi connectivity index (χ3v) is 5.89. The SMILES string of the molecule is Cc1cc(C(=O)NCC(c2ccc(F)cc2)N2CCOCC2)c(C)n1-c1ccccc1. The van der Waals surface area contributed by atoms with Crippen molar-refractivity contribution in [3.63, 3.8) is 0 Å². The number of aromatic nitrogens is 1. The molecule has 0 saturated carbocycles. The molecule has 31 heavy (non-hydrogen) atoms. The molecule has 0 radical (unpaired) electrons. The number of amides is 1. The lowest BCUT2D eigenvalue weighted by atomic mass is 10.0. The van der Waals surface area contributed by atoms with Gasteiger partial charge in [-0.2, -0.15) is 0 Å². The molecule has 1 aromatic heterocycles. The van der Waals surface area contributed by atoms with Crippen molar-refractivity contribution in [3.05, 3.63) is 89.0 Å². The lowest BCUT2D eigenvalue weighted by molar-refractivity contribution is 0.0162. The standard InChI is InChI=1S/C25H28FN3O2/c1-18-16-23(19(2)29(18)22-6-4-3-5-7-22)25(30)27-17-24(28-12-14-31-15-13-28)20-8-10-21(26)11-9-20/h3-11,16,24H,12-15,17H2,1-2H3,(H,27,30). The minimum absolute atomic E-state index is 0.0361. The molecule has 1 N–H and O–H groups in total. The zero-order valence-corrected chi connectivity index (χ0v) is 18.0. The van der Waals surface area contributed by atoms with Crippen molar-refractivity contribution in [2.45, 2.75) is 19.9 Å². The first-order valence-electron chi connectivity index (χ1n) is 10.6. The second-order valence-electron chi connectivity index (χ2n) is 7.88. The van der Waals surface area contributed by atoms with Gasteiger partial charge >= 0.3 is 0 Å². The van der Waals surface area contributed by atoms with Gasteiger partial charge in [0.1, 0.15) is 5.82 Å². The lowest BCUT2D eigenvalue weighted by Crippen LogP contribution is -2.43. The van der Waals surface area contributed by atoms with E-state index in [4.69, 9.17) is 4.74 Å². The van der Waals surface area contributed by atoms with E-state index in [0.717, 1.165) is 35.7 Å². The summed E-state index contributed by atoms with van der Waals surface area (Å²) in [6.45, 7) is 7.29. The average molecular weight is 422 g/mol. The normalized spacial score (nSPS) is 15.6. The summed E-state index contributed by atoms with van der Waals surface area (Å²) in [5.41, 5.74) is 4.61. The van der Waals surface area contributed by atoms with Crippen LogP contribution in [0.2, 0.25) is 0 Å². The molecule has 0 bridgehead atoms. The van der Waals surface area contributed by atoms with Gasteiger partial charge in [-0.25, -0.2) is 4.39 Å². The fraction of sp³-hybridized carbons (Fsp3) is 0.320. The van der Waals surface area contributed by atoms with Gasteiger partial charge in [-0.15, -0.1) is 0 Å². The third-order valence-electron chi connectivity index (χ3n) is 5.89. The minimum Gasteiger partial charge on any atom is -0.379 e. The summed E-state index contributed by atoms with van der Waals surface area (Å²) in [5.74, 6) is -0.363. The zero-order chi connectivity index (χ0) is 21.8. The zero-order valence-electron chi connectivity index (χ0n) is 18.0. The molecule has 1 amide bonds. The number of nitrogens with one attached hydrogen (secondary N) is 1. The van der Waals surface area contributed by atoms with Crippen LogP contribution in [0.25, 0.3) is 5.69 Å². The number of benzene rings is 2. The predicted molar refractivity (Wildman–Crippen MR) is 119 cm³/mol. The molecule has 3 aromatic rings. The van der Waals surface area contributed by atoms with E-state index < -0.39 is 0 Å². The van der Waals surface area contributed by atoms with Crippen molar-refractivity contribution in [2.75, 3.05) is 32.8 Å². The Balaban J connectivity index is 1.53. The second kappa shape index (κ2) is 9.45. The Labute approximate surface area is 182 Å². The second-order valence-corrected chi connectivity index (χ2v) is 7.88. The Morgan fingerprint density at radius 1 is 1.06 bits per heavy atom. The van der Waals surface area contributed by atoms with Crippen LogP contribution in [-0.4, -0.2) is 48.2 Å². The molecular formula is C25H28FN3O2. The van der Waals surface area contributed by atoms with Crippen molar-refractivity contribution in [3.8, 4) is 5.69 Å². The molecule has 6 heteroatoms. The first-order chi connectivity index (χ1) is 15.0. The average Bonchev–Trinajstić information content (AvgIpc) is 3.10. The maximum Gasteiger partial charge on any atom is 0.253 e. The van der Waals surface area contributed by atoms with Crippen molar-refractivity contribution >= 4 is 5.91 Å². The van der Waals surface area contributed by atoms with Crippen LogP contribution >= 0.6 is 0 Å². The summed E-state index contributed by atoms with van der Waals surface area (Å²) in [5, 5.41) is 3.11. The summed E-state index contributed by atoms with van der Waals surface area (Å²) < 4.78 is 21.0. The van der Waals surface area contributed by atoms with E-state index in [9.17, 15) is 9.18 Å². The van der Waals surface area contributed by atoms with E-state index in [-0.39, 0.29) is 17.8 Å².